The van der Waals surface area contributed by atoms with E-state index in [-0.39, 0.29) is 24.8 Å². The van der Waals surface area contributed by atoms with E-state index in [4.69, 9.17) is 9.72 Å². The Balaban J connectivity index is 1.54. The molecule has 1 aliphatic rings. The van der Waals surface area contributed by atoms with Crippen LogP contribution in [0.25, 0.3) is 20.8 Å². The number of aromatic nitrogens is 1. The van der Waals surface area contributed by atoms with Gasteiger partial charge in [-0.15, -0.1) is 22.7 Å². The van der Waals surface area contributed by atoms with Gasteiger partial charge in [0.2, 0.25) is 5.91 Å². The number of amides is 1. The lowest BCUT2D eigenvalue weighted by atomic mass is 10.0. The summed E-state index contributed by atoms with van der Waals surface area (Å²) in [4.78, 5) is 32.8. The SMILES string of the molecule is CCOC(=O)CNCCC(=O)Nc1sc2c(c1-c1nc3ccccc3s1)CCN(C(C)C)C2. The molecule has 1 aliphatic heterocycles. The van der Waals surface area contributed by atoms with Crippen molar-refractivity contribution < 1.29 is 14.3 Å². The maximum absolute atomic E-state index is 12.7. The number of nitrogens with one attached hydrogen (secondary N) is 2. The first-order chi connectivity index (χ1) is 16.0. The van der Waals surface area contributed by atoms with Crippen LogP contribution in [0.3, 0.4) is 0 Å². The van der Waals surface area contributed by atoms with Crippen LogP contribution >= 0.6 is 22.7 Å². The first kappa shape index (κ1) is 23.8. The van der Waals surface area contributed by atoms with Crippen molar-refractivity contribution >= 4 is 49.8 Å². The van der Waals surface area contributed by atoms with Gasteiger partial charge in [-0.2, -0.15) is 0 Å². The smallest absolute Gasteiger partial charge is 0.319 e. The second kappa shape index (κ2) is 10.7. The number of carbonyl (C=O) groups excluding carboxylic acids is 2. The lowest BCUT2D eigenvalue weighted by Gasteiger charge is -2.30. The average molecular weight is 487 g/mol. The van der Waals surface area contributed by atoms with Crippen molar-refractivity contribution in [2.45, 2.75) is 46.2 Å². The van der Waals surface area contributed by atoms with E-state index < -0.39 is 0 Å². The minimum Gasteiger partial charge on any atom is -0.465 e. The molecular weight excluding hydrogens is 456 g/mol. The molecule has 0 unspecified atom stereocenters. The zero-order chi connectivity index (χ0) is 23.4. The highest BCUT2D eigenvalue weighted by molar-refractivity contribution is 7.22. The van der Waals surface area contributed by atoms with E-state index in [1.807, 2.05) is 18.2 Å². The maximum atomic E-state index is 12.7. The highest BCUT2D eigenvalue weighted by atomic mass is 32.1. The average Bonchev–Trinajstić information content (AvgIpc) is 3.36. The van der Waals surface area contributed by atoms with E-state index in [1.165, 1.54) is 10.4 Å². The first-order valence-electron chi connectivity index (χ1n) is 11.4. The van der Waals surface area contributed by atoms with Crippen molar-refractivity contribution in [3.05, 3.63) is 34.7 Å². The second-order valence-corrected chi connectivity index (χ2v) is 10.4. The van der Waals surface area contributed by atoms with Crippen LogP contribution in [0.4, 0.5) is 5.00 Å². The quantitative estimate of drug-likeness (QED) is 0.347. The molecule has 3 heterocycles. The molecule has 0 bridgehead atoms. The number of nitrogens with zero attached hydrogens (tertiary/aromatic N) is 2. The van der Waals surface area contributed by atoms with Gasteiger partial charge in [0.1, 0.15) is 10.0 Å². The molecule has 0 spiro atoms. The number of fused-ring (bicyclic) bond motifs is 2. The standard InChI is InChI=1S/C24H30N4O3S2/c1-4-31-21(30)13-25-11-9-20(29)27-24-22(23-26-17-7-5-6-8-18(17)32-23)16-10-12-28(15(2)3)14-19(16)33-24/h5-8,15,25H,4,9-14H2,1-3H3,(H,27,29). The zero-order valence-corrected chi connectivity index (χ0v) is 20.9. The molecule has 7 nitrogen and oxygen atoms in total. The van der Waals surface area contributed by atoms with E-state index >= 15 is 0 Å². The molecule has 0 saturated carbocycles. The molecule has 2 aromatic heterocycles. The van der Waals surface area contributed by atoms with Crippen molar-refractivity contribution in [1.82, 2.24) is 15.2 Å². The third-order valence-corrected chi connectivity index (χ3v) is 7.87. The Morgan fingerprint density at radius 2 is 2.06 bits per heavy atom. The molecule has 0 saturated heterocycles. The molecule has 1 amide bonds. The summed E-state index contributed by atoms with van der Waals surface area (Å²) in [5, 5.41) is 7.94. The maximum Gasteiger partial charge on any atom is 0.319 e. The topological polar surface area (TPSA) is 83.6 Å². The summed E-state index contributed by atoms with van der Waals surface area (Å²) >= 11 is 3.34. The van der Waals surface area contributed by atoms with Gasteiger partial charge in [-0.05, 0) is 44.9 Å². The number of carbonyl (C=O) groups is 2. The van der Waals surface area contributed by atoms with Crippen molar-refractivity contribution in [3.8, 4) is 10.6 Å². The van der Waals surface area contributed by atoms with E-state index in [0.29, 0.717) is 19.2 Å². The predicted octanol–water partition coefficient (Wildman–Crippen LogP) is 4.27. The summed E-state index contributed by atoms with van der Waals surface area (Å²) in [6, 6.07) is 8.63. The Morgan fingerprint density at radius 3 is 2.82 bits per heavy atom. The number of thiazole rings is 1. The third kappa shape index (κ3) is 5.60. The Labute approximate surface area is 202 Å². The van der Waals surface area contributed by atoms with Gasteiger partial charge in [0.15, 0.2) is 0 Å². The minimum absolute atomic E-state index is 0.0759. The summed E-state index contributed by atoms with van der Waals surface area (Å²) < 4.78 is 6.04. The number of benzene rings is 1. The fraction of sp³-hybridized carbons (Fsp3) is 0.458. The monoisotopic (exact) mass is 486 g/mol. The number of ether oxygens (including phenoxy) is 1. The predicted molar refractivity (Wildman–Crippen MR) is 135 cm³/mol. The number of thiophene rings is 1. The molecule has 33 heavy (non-hydrogen) atoms. The molecule has 0 fully saturated rings. The van der Waals surface area contributed by atoms with E-state index in [2.05, 4.69) is 35.4 Å². The summed E-state index contributed by atoms with van der Waals surface area (Å²) in [5.41, 5.74) is 3.37. The number of rotatable bonds is 9. The zero-order valence-electron chi connectivity index (χ0n) is 19.3. The van der Waals surface area contributed by atoms with Gasteiger partial charge in [-0.1, -0.05) is 12.1 Å². The van der Waals surface area contributed by atoms with E-state index in [1.54, 1.807) is 29.6 Å². The van der Waals surface area contributed by atoms with Crippen molar-refractivity contribution in [2.75, 3.05) is 31.6 Å². The second-order valence-electron chi connectivity index (χ2n) is 8.29. The van der Waals surface area contributed by atoms with Crippen molar-refractivity contribution in [3.63, 3.8) is 0 Å². The van der Waals surface area contributed by atoms with Crippen LogP contribution in [0.2, 0.25) is 0 Å². The van der Waals surface area contributed by atoms with Crippen LogP contribution in [0.1, 0.15) is 37.6 Å². The summed E-state index contributed by atoms with van der Waals surface area (Å²) in [5.74, 6) is -0.385. The molecule has 0 radical (unpaired) electrons. The Hall–Kier alpha value is -2.33. The lowest BCUT2D eigenvalue weighted by molar-refractivity contribution is -0.142. The Kier molecular flexibility index (Phi) is 7.75. The summed E-state index contributed by atoms with van der Waals surface area (Å²) in [6.07, 6.45) is 1.23. The van der Waals surface area contributed by atoms with Gasteiger partial charge < -0.3 is 15.4 Å². The molecule has 1 aromatic carbocycles. The normalized spacial score (nSPS) is 13.9. The van der Waals surface area contributed by atoms with Gasteiger partial charge in [0.05, 0.1) is 23.4 Å². The molecular formula is C24H30N4O3S2. The first-order valence-corrected chi connectivity index (χ1v) is 13.0. The number of esters is 1. The van der Waals surface area contributed by atoms with Crippen LogP contribution in [0, 0.1) is 0 Å². The number of hydrogen-bond donors (Lipinski definition) is 2. The molecule has 176 valence electrons. The largest absolute Gasteiger partial charge is 0.465 e. The van der Waals surface area contributed by atoms with Crippen LogP contribution in [0.5, 0.6) is 0 Å². The number of hydrogen-bond acceptors (Lipinski definition) is 8. The highest BCUT2D eigenvalue weighted by Gasteiger charge is 2.28. The minimum atomic E-state index is -0.309. The van der Waals surface area contributed by atoms with Gasteiger partial charge in [0, 0.05) is 42.5 Å². The Bertz CT molecular complexity index is 1110. The fourth-order valence-corrected chi connectivity index (χ4v) is 6.35. The molecule has 0 aliphatic carbocycles. The Morgan fingerprint density at radius 1 is 1.24 bits per heavy atom. The molecule has 2 N–H and O–H groups in total. The van der Waals surface area contributed by atoms with Crippen LogP contribution in [-0.2, 0) is 27.3 Å². The molecule has 3 aromatic rings. The summed E-state index contributed by atoms with van der Waals surface area (Å²) in [6.45, 7) is 8.99. The van der Waals surface area contributed by atoms with Gasteiger partial charge in [-0.25, -0.2) is 4.98 Å². The van der Waals surface area contributed by atoms with E-state index in [0.717, 1.165) is 45.3 Å². The highest BCUT2D eigenvalue weighted by Crippen LogP contribution is 2.45. The third-order valence-electron chi connectivity index (χ3n) is 5.68. The molecule has 4 rings (SSSR count). The van der Waals surface area contributed by atoms with Crippen LogP contribution in [0.15, 0.2) is 24.3 Å². The van der Waals surface area contributed by atoms with Gasteiger partial charge in [0.25, 0.3) is 0 Å². The van der Waals surface area contributed by atoms with Crippen molar-refractivity contribution in [1.29, 1.82) is 0 Å². The number of anilines is 1. The summed E-state index contributed by atoms with van der Waals surface area (Å²) in [7, 11) is 0. The van der Waals surface area contributed by atoms with Crippen molar-refractivity contribution in [2.24, 2.45) is 0 Å². The molecule has 0 atom stereocenters. The van der Waals surface area contributed by atoms with E-state index in [9.17, 15) is 9.59 Å². The number of para-hydroxylation sites is 1. The van der Waals surface area contributed by atoms with Crippen LogP contribution in [-0.4, -0.2) is 54.0 Å². The molecule has 9 heteroatoms. The fourth-order valence-electron chi connectivity index (χ4n) is 3.95. The van der Waals surface area contributed by atoms with Gasteiger partial charge in [-0.3, -0.25) is 14.5 Å². The van der Waals surface area contributed by atoms with Gasteiger partial charge >= 0.3 is 5.97 Å². The van der Waals surface area contributed by atoms with Crippen LogP contribution < -0.4 is 10.6 Å². The lowest BCUT2D eigenvalue weighted by Crippen LogP contribution is -2.35.